The highest BCUT2D eigenvalue weighted by molar-refractivity contribution is 7.14. The van der Waals surface area contributed by atoms with Gasteiger partial charge in [0.1, 0.15) is 5.82 Å². The van der Waals surface area contributed by atoms with Crippen LogP contribution in [0.2, 0.25) is 5.02 Å². The van der Waals surface area contributed by atoms with E-state index in [2.05, 4.69) is 0 Å². The SMILES string of the molecule is Cc1cc(C(=O)Cc2cccc(Cl)c2F)sc1C. The molecule has 2 rings (SSSR count). The molecular formula is C14H12ClFOS. The number of carbonyl (C=O) groups excluding carboxylic acids is 1. The average Bonchev–Trinajstić information content (AvgIpc) is 2.66. The summed E-state index contributed by atoms with van der Waals surface area (Å²) in [7, 11) is 0. The van der Waals surface area contributed by atoms with E-state index in [1.165, 1.54) is 17.4 Å². The number of carbonyl (C=O) groups is 1. The summed E-state index contributed by atoms with van der Waals surface area (Å²) >= 11 is 7.14. The molecule has 1 aromatic heterocycles. The third-order valence-corrected chi connectivity index (χ3v) is 4.31. The minimum absolute atomic E-state index is 0.0474. The maximum atomic E-state index is 13.7. The van der Waals surface area contributed by atoms with Crippen molar-refractivity contribution in [3.05, 3.63) is 56.0 Å². The lowest BCUT2D eigenvalue weighted by Crippen LogP contribution is -2.03. The average molecular weight is 283 g/mol. The molecule has 1 nitrogen and oxygen atoms in total. The molecule has 0 unspecified atom stereocenters. The predicted molar refractivity (Wildman–Crippen MR) is 73.2 cm³/mol. The third kappa shape index (κ3) is 2.62. The molecule has 0 fully saturated rings. The zero-order valence-electron chi connectivity index (χ0n) is 10.1. The van der Waals surface area contributed by atoms with Crippen LogP contribution in [0, 0.1) is 19.7 Å². The van der Waals surface area contributed by atoms with Gasteiger partial charge in [0.25, 0.3) is 0 Å². The highest BCUT2D eigenvalue weighted by Gasteiger charge is 2.14. The Bertz CT molecular complexity index is 584. The predicted octanol–water partition coefficient (Wildman–Crippen LogP) is 4.58. The summed E-state index contributed by atoms with van der Waals surface area (Å²) in [6.07, 6.45) is 0.0474. The van der Waals surface area contributed by atoms with E-state index < -0.39 is 5.82 Å². The van der Waals surface area contributed by atoms with Crippen molar-refractivity contribution in [2.45, 2.75) is 20.3 Å². The maximum absolute atomic E-state index is 13.7. The first kappa shape index (κ1) is 13.2. The van der Waals surface area contributed by atoms with Gasteiger partial charge in [0.15, 0.2) is 5.78 Å². The molecule has 0 aliphatic carbocycles. The number of halogens is 2. The maximum Gasteiger partial charge on any atom is 0.177 e. The van der Waals surface area contributed by atoms with Crippen LogP contribution in [0.5, 0.6) is 0 Å². The fourth-order valence-corrected chi connectivity index (χ4v) is 2.82. The van der Waals surface area contributed by atoms with Gasteiger partial charge >= 0.3 is 0 Å². The number of hydrogen-bond acceptors (Lipinski definition) is 2. The van der Waals surface area contributed by atoms with Gasteiger partial charge in [-0.3, -0.25) is 4.79 Å². The molecular weight excluding hydrogens is 271 g/mol. The van der Waals surface area contributed by atoms with E-state index in [1.54, 1.807) is 12.1 Å². The Morgan fingerprint density at radius 1 is 1.39 bits per heavy atom. The van der Waals surface area contributed by atoms with E-state index in [0.717, 1.165) is 10.4 Å². The Morgan fingerprint density at radius 2 is 2.11 bits per heavy atom. The van der Waals surface area contributed by atoms with Gasteiger partial charge in [-0.05, 0) is 37.1 Å². The molecule has 0 saturated heterocycles. The Morgan fingerprint density at radius 3 is 2.72 bits per heavy atom. The van der Waals surface area contributed by atoms with Gasteiger partial charge in [-0.2, -0.15) is 0 Å². The summed E-state index contributed by atoms with van der Waals surface area (Å²) in [5.74, 6) is -0.574. The van der Waals surface area contributed by atoms with E-state index in [1.807, 2.05) is 19.9 Å². The van der Waals surface area contributed by atoms with Crippen molar-refractivity contribution in [2.75, 3.05) is 0 Å². The summed E-state index contributed by atoms with van der Waals surface area (Å²) in [6.45, 7) is 3.93. The summed E-state index contributed by atoms with van der Waals surface area (Å²) in [5, 5.41) is 0.0545. The molecule has 0 amide bonds. The van der Waals surface area contributed by atoms with Gasteiger partial charge < -0.3 is 0 Å². The number of benzene rings is 1. The van der Waals surface area contributed by atoms with E-state index in [4.69, 9.17) is 11.6 Å². The quantitative estimate of drug-likeness (QED) is 0.753. The molecule has 0 spiro atoms. The van der Waals surface area contributed by atoms with Crippen LogP contribution in [0.1, 0.15) is 25.7 Å². The Balaban J connectivity index is 2.24. The van der Waals surface area contributed by atoms with Crippen molar-refractivity contribution in [1.82, 2.24) is 0 Å². The first-order valence-corrected chi connectivity index (χ1v) is 6.71. The molecule has 1 heterocycles. The Labute approximate surface area is 114 Å². The van der Waals surface area contributed by atoms with Crippen LogP contribution in [0.4, 0.5) is 4.39 Å². The number of hydrogen-bond donors (Lipinski definition) is 0. The van der Waals surface area contributed by atoms with Crippen molar-refractivity contribution in [2.24, 2.45) is 0 Å². The van der Waals surface area contributed by atoms with Gasteiger partial charge in [-0.15, -0.1) is 11.3 Å². The normalized spacial score (nSPS) is 10.7. The molecule has 0 bridgehead atoms. The van der Waals surface area contributed by atoms with Gasteiger partial charge in [-0.25, -0.2) is 4.39 Å². The van der Waals surface area contributed by atoms with E-state index in [0.29, 0.717) is 10.4 Å². The first-order chi connectivity index (χ1) is 8.49. The standard InChI is InChI=1S/C14H12ClFOS/c1-8-6-13(18-9(8)2)12(17)7-10-4-3-5-11(15)14(10)16/h3-6H,7H2,1-2H3. The summed E-state index contributed by atoms with van der Waals surface area (Å²) in [4.78, 5) is 13.8. The number of rotatable bonds is 3. The molecule has 4 heteroatoms. The van der Waals surface area contributed by atoms with Crippen LogP contribution >= 0.6 is 22.9 Å². The van der Waals surface area contributed by atoms with Gasteiger partial charge in [0.05, 0.1) is 9.90 Å². The van der Waals surface area contributed by atoms with Crippen molar-refractivity contribution in [1.29, 1.82) is 0 Å². The second-order valence-corrected chi connectivity index (χ2v) is 5.83. The van der Waals surface area contributed by atoms with Gasteiger partial charge in [-0.1, -0.05) is 23.7 Å². The second kappa shape index (κ2) is 5.21. The van der Waals surface area contributed by atoms with Crippen LogP contribution in [0.15, 0.2) is 24.3 Å². The molecule has 2 aromatic rings. The summed E-state index contributed by atoms with van der Waals surface area (Å²) < 4.78 is 13.7. The smallest absolute Gasteiger partial charge is 0.177 e. The molecule has 94 valence electrons. The molecule has 0 aliphatic rings. The van der Waals surface area contributed by atoms with Crippen LogP contribution in [0.3, 0.4) is 0 Å². The van der Waals surface area contributed by atoms with Crippen molar-refractivity contribution < 1.29 is 9.18 Å². The van der Waals surface area contributed by atoms with Crippen LogP contribution in [-0.4, -0.2) is 5.78 Å². The van der Waals surface area contributed by atoms with Crippen LogP contribution in [0.25, 0.3) is 0 Å². The van der Waals surface area contributed by atoms with Gasteiger partial charge in [0.2, 0.25) is 0 Å². The molecule has 0 aliphatic heterocycles. The Kier molecular flexibility index (Phi) is 3.83. The summed E-state index contributed by atoms with van der Waals surface area (Å²) in [6, 6.07) is 6.57. The number of aryl methyl sites for hydroxylation is 2. The van der Waals surface area contributed by atoms with E-state index >= 15 is 0 Å². The molecule has 18 heavy (non-hydrogen) atoms. The van der Waals surface area contributed by atoms with Crippen LogP contribution < -0.4 is 0 Å². The zero-order chi connectivity index (χ0) is 13.3. The van der Waals surface area contributed by atoms with Crippen LogP contribution in [-0.2, 0) is 6.42 Å². The monoisotopic (exact) mass is 282 g/mol. The van der Waals surface area contributed by atoms with E-state index in [-0.39, 0.29) is 17.2 Å². The fraction of sp³-hybridized carbons (Fsp3) is 0.214. The third-order valence-electron chi connectivity index (χ3n) is 2.82. The molecule has 1 aromatic carbocycles. The van der Waals surface area contributed by atoms with Crippen molar-refractivity contribution >= 4 is 28.7 Å². The van der Waals surface area contributed by atoms with Crippen molar-refractivity contribution in [3.8, 4) is 0 Å². The highest BCUT2D eigenvalue weighted by Crippen LogP contribution is 2.24. The number of Topliss-reactive ketones (excluding diaryl/α,β-unsaturated/α-hetero) is 1. The lowest BCUT2D eigenvalue weighted by Gasteiger charge is -2.02. The molecule has 0 saturated carbocycles. The molecule has 0 radical (unpaired) electrons. The number of thiophene rings is 1. The largest absolute Gasteiger partial charge is 0.293 e. The summed E-state index contributed by atoms with van der Waals surface area (Å²) in [5.41, 5.74) is 1.44. The minimum atomic E-state index is -0.502. The van der Waals surface area contributed by atoms with Crippen molar-refractivity contribution in [3.63, 3.8) is 0 Å². The lowest BCUT2D eigenvalue weighted by atomic mass is 10.1. The zero-order valence-corrected chi connectivity index (χ0v) is 11.7. The Hall–Kier alpha value is -1.19. The first-order valence-electron chi connectivity index (χ1n) is 5.52. The van der Waals surface area contributed by atoms with E-state index in [9.17, 15) is 9.18 Å². The number of ketones is 1. The molecule has 0 atom stereocenters. The minimum Gasteiger partial charge on any atom is -0.293 e. The fourth-order valence-electron chi connectivity index (χ4n) is 1.66. The highest BCUT2D eigenvalue weighted by atomic mass is 35.5. The lowest BCUT2D eigenvalue weighted by molar-refractivity contribution is 0.0995. The topological polar surface area (TPSA) is 17.1 Å². The van der Waals surface area contributed by atoms with Gasteiger partial charge in [0, 0.05) is 11.3 Å². The second-order valence-electron chi connectivity index (χ2n) is 4.16. The molecule has 0 N–H and O–H groups in total.